The van der Waals surface area contributed by atoms with Crippen molar-refractivity contribution in [3.8, 4) is 5.69 Å². The van der Waals surface area contributed by atoms with E-state index in [0.29, 0.717) is 37.5 Å². The van der Waals surface area contributed by atoms with Crippen LogP contribution in [-0.2, 0) is 10.0 Å². The highest BCUT2D eigenvalue weighted by molar-refractivity contribution is 7.88. The molecule has 1 amide bonds. The summed E-state index contributed by atoms with van der Waals surface area (Å²) in [7, 11) is -3.23. The Bertz CT molecular complexity index is 1120. The molecule has 7 nitrogen and oxygen atoms in total. The Morgan fingerprint density at radius 3 is 2.57 bits per heavy atom. The fourth-order valence-electron chi connectivity index (χ4n) is 3.48. The van der Waals surface area contributed by atoms with Gasteiger partial charge in [-0.2, -0.15) is 5.10 Å². The first kappa shape index (κ1) is 19.1. The molecule has 0 unspecified atom stereocenters. The van der Waals surface area contributed by atoms with Crippen molar-refractivity contribution in [2.24, 2.45) is 0 Å². The first-order valence-corrected chi connectivity index (χ1v) is 11.8. The van der Waals surface area contributed by atoms with Crippen molar-refractivity contribution in [3.05, 3.63) is 47.0 Å². The first-order valence-electron chi connectivity index (χ1n) is 9.13. The number of carbonyl (C=O) groups excluding carboxylic acids is 1. The number of nitrogens with zero attached hydrogens (tertiary/aromatic N) is 4. The maximum absolute atomic E-state index is 13.1. The van der Waals surface area contributed by atoms with Crippen LogP contribution in [0.1, 0.15) is 21.8 Å². The summed E-state index contributed by atoms with van der Waals surface area (Å²) in [5, 5.41) is 5.59. The molecule has 0 atom stereocenters. The molecule has 0 N–H and O–H groups in total. The number of carbonyl (C=O) groups is 1. The highest BCUT2D eigenvalue weighted by Crippen LogP contribution is 2.31. The van der Waals surface area contributed by atoms with E-state index in [-0.39, 0.29) is 5.91 Å². The number of sulfonamides is 1. The third kappa shape index (κ3) is 3.57. The minimum atomic E-state index is -3.23. The molecule has 0 saturated carbocycles. The van der Waals surface area contributed by atoms with Gasteiger partial charge in [0.1, 0.15) is 4.83 Å². The Kier molecular flexibility index (Phi) is 4.98. The summed E-state index contributed by atoms with van der Waals surface area (Å²) in [6.07, 6.45) is 1.86. The topological polar surface area (TPSA) is 75.5 Å². The van der Waals surface area contributed by atoms with E-state index in [1.165, 1.54) is 21.9 Å². The van der Waals surface area contributed by atoms with E-state index in [0.717, 1.165) is 21.6 Å². The zero-order chi connectivity index (χ0) is 19.9. The van der Waals surface area contributed by atoms with Crippen LogP contribution in [0.15, 0.2) is 36.4 Å². The summed E-state index contributed by atoms with van der Waals surface area (Å²) in [5.74, 6) is -0.0458. The highest BCUT2D eigenvalue weighted by Gasteiger charge is 2.26. The number of hydrogen-bond donors (Lipinski definition) is 0. The van der Waals surface area contributed by atoms with Crippen LogP contribution < -0.4 is 0 Å². The number of rotatable bonds is 3. The second-order valence-corrected chi connectivity index (χ2v) is 9.98. The van der Waals surface area contributed by atoms with Crippen LogP contribution in [0.4, 0.5) is 0 Å². The van der Waals surface area contributed by atoms with Crippen LogP contribution in [0.2, 0.25) is 0 Å². The normalized spacial score (nSPS) is 16.4. The van der Waals surface area contributed by atoms with Gasteiger partial charge >= 0.3 is 0 Å². The Morgan fingerprint density at radius 1 is 1.11 bits per heavy atom. The predicted octanol–water partition coefficient (Wildman–Crippen LogP) is 2.50. The summed E-state index contributed by atoms with van der Waals surface area (Å²) >= 11 is 1.43. The summed E-state index contributed by atoms with van der Waals surface area (Å²) in [4.78, 5) is 16.4. The van der Waals surface area contributed by atoms with Gasteiger partial charge in [-0.1, -0.05) is 18.2 Å². The van der Waals surface area contributed by atoms with Crippen molar-refractivity contribution in [2.75, 3.05) is 32.4 Å². The molecule has 4 rings (SSSR count). The highest BCUT2D eigenvalue weighted by atomic mass is 32.2. The van der Waals surface area contributed by atoms with Gasteiger partial charge in [0.15, 0.2) is 0 Å². The maximum Gasteiger partial charge on any atom is 0.264 e. The lowest BCUT2D eigenvalue weighted by Gasteiger charge is -2.20. The molecule has 9 heteroatoms. The molecule has 3 aromatic rings. The summed E-state index contributed by atoms with van der Waals surface area (Å²) < 4.78 is 26.9. The van der Waals surface area contributed by atoms with Crippen LogP contribution in [0.25, 0.3) is 15.9 Å². The van der Waals surface area contributed by atoms with Crippen LogP contribution in [0, 0.1) is 6.92 Å². The van der Waals surface area contributed by atoms with E-state index in [2.05, 4.69) is 5.10 Å². The smallest absolute Gasteiger partial charge is 0.264 e. The van der Waals surface area contributed by atoms with E-state index < -0.39 is 10.0 Å². The number of aromatic nitrogens is 2. The number of amides is 1. The molecule has 0 bridgehead atoms. The third-order valence-corrected chi connectivity index (χ3v) is 7.37. The predicted molar refractivity (Wildman–Crippen MR) is 111 cm³/mol. The molecular formula is C19H22N4O3S2. The van der Waals surface area contributed by atoms with E-state index in [4.69, 9.17) is 0 Å². The van der Waals surface area contributed by atoms with Gasteiger partial charge in [-0.05, 0) is 31.5 Å². The molecule has 1 aliphatic rings. The zero-order valence-electron chi connectivity index (χ0n) is 15.8. The van der Waals surface area contributed by atoms with Crippen LogP contribution in [-0.4, -0.2) is 65.7 Å². The van der Waals surface area contributed by atoms with Gasteiger partial charge in [0.2, 0.25) is 10.0 Å². The standard InChI is InChI=1S/C19H22N4O3S2/c1-14-16-13-17(27-19(16)23(20-14)15-7-4-3-5-8-15)18(24)21-9-6-10-22(12-11-21)28(2,25)26/h3-5,7-8,13H,6,9-12H2,1-2H3. The molecular weight excluding hydrogens is 396 g/mol. The average molecular weight is 419 g/mol. The largest absolute Gasteiger partial charge is 0.337 e. The minimum Gasteiger partial charge on any atom is -0.337 e. The number of thiophene rings is 1. The van der Waals surface area contributed by atoms with Gasteiger partial charge in [-0.15, -0.1) is 11.3 Å². The lowest BCUT2D eigenvalue weighted by Crippen LogP contribution is -2.36. The van der Waals surface area contributed by atoms with E-state index in [1.807, 2.05) is 48.0 Å². The number of benzene rings is 1. The van der Waals surface area contributed by atoms with E-state index >= 15 is 0 Å². The minimum absolute atomic E-state index is 0.0458. The van der Waals surface area contributed by atoms with Crippen molar-refractivity contribution < 1.29 is 13.2 Å². The monoisotopic (exact) mass is 418 g/mol. The summed E-state index contributed by atoms with van der Waals surface area (Å²) in [6.45, 7) is 3.70. The zero-order valence-corrected chi connectivity index (χ0v) is 17.5. The van der Waals surface area contributed by atoms with Crippen molar-refractivity contribution in [3.63, 3.8) is 0 Å². The third-order valence-electron chi connectivity index (χ3n) is 4.97. The van der Waals surface area contributed by atoms with Crippen molar-refractivity contribution in [1.29, 1.82) is 0 Å². The summed E-state index contributed by atoms with van der Waals surface area (Å²) in [5.41, 5.74) is 1.84. The first-order chi connectivity index (χ1) is 13.3. The Balaban J connectivity index is 1.62. The molecule has 1 aliphatic heterocycles. The van der Waals surface area contributed by atoms with Gasteiger partial charge < -0.3 is 4.90 Å². The molecule has 1 aromatic carbocycles. The average Bonchev–Trinajstić information content (AvgIpc) is 3.11. The molecule has 28 heavy (non-hydrogen) atoms. The lowest BCUT2D eigenvalue weighted by atomic mass is 10.3. The van der Waals surface area contributed by atoms with Gasteiger partial charge in [-0.25, -0.2) is 17.4 Å². The fourth-order valence-corrected chi connectivity index (χ4v) is 5.51. The van der Waals surface area contributed by atoms with Crippen molar-refractivity contribution in [2.45, 2.75) is 13.3 Å². The van der Waals surface area contributed by atoms with Gasteiger partial charge in [0.25, 0.3) is 5.91 Å². The Hall–Kier alpha value is -2.23. The molecule has 3 heterocycles. The number of aryl methyl sites for hydroxylation is 1. The van der Waals surface area contributed by atoms with E-state index in [9.17, 15) is 13.2 Å². The molecule has 0 spiro atoms. The number of para-hydroxylation sites is 1. The second-order valence-electron chi connectivity index (χ2n) is 6.97. The lowest BCUT2D eigenvalue weighted by molar-refractivity contribution is 0.0769. The van der Waals surface area contributed by atoms with Gasteiger partial charge in [-0.3, -0.25) is 4.79 Å². The molecule has 1 fully saturated rings. The molecule has 0 aliphatic carbocycles. The molecule has 0 radical (unpaired) electrons. The Labute approximate surface area is 168 Å². The molecule has 2 aromatic heterocycles. The van der Waals surface area contributed by atoms with E-state index in [1.54, 1.807) is 4.90 Å². The van der Waals surface area contributed by atoms with Crippen LogP contribution in [0.5, 0.6) is 0 Å². The molecule has 148 valence electrons. The summed E-state index contributed by atoms with van der Waals surface area (Å²) in [6, 6.07) is 11.8. The van der Waals surface area contributed by atoms with Gasteiger partial charge in [0.05, 0.1) is 22.5 Å². The van der Waals surface area contributed by atoms with Crippen molar-refractivity contribution >= 4 is 37.5 Å². The van der Waals surface area contributed by atoms with Crippen LogP contribution in [0.3, 0.4) is 0 Å². The second kappa shape index (κ2) is 7.31. The number of fused-ring (bicyclic) bond motifs is 1. The Morgan fingerprint density at radius 2 is 1.86 bits per heavy atom. The maximum atomic E-state index is 13.1. The van der Waals surface area contributed by atoms with Gasteiger partial charge in [0, 0.05) is 31.6 Å². The van der Waals surface area contributed by atoms with Crippen LogP contribution >= 0.6 is 11.3 Å². The SMILES string of the molecule is Cc1nn(-c2ccccc2)c2sc(C(=O)N3CCCN(S(C)(=O)=O)CC3)cc12. The fraction of sp³-hybridized carbons (Fsp3) is 0.368. The molecule has 1 saturated heterocycles. The van der Waals surface area contributed by atoms with Crippen molar-refractivity contribution in [1.82, 2.24) is 19.0 Å². The number of hydrogen-bond acceptors (Lipinski definition) is 5. The quantitative estimate of drug-likeness (QED) is 0.655.